The predicted octanol–water partition coefficient (Wildman–Crippen LogP) is 4.72. The minimum Gasteiger partial charge on any atom is -0.375 e. The normalized spacial score (nSPS) is 36.7. The van der Waals surface area contributed by atoms with E-state index in [1.54, 1.807) is 0 Å². The highest BCUT2D eigenvalue weighted by molar-refractivity contribution is 7.90. The van der Waals surface area contributed by atoms with Gasteiger partial charge in [0.05, 0.1) is 24.1 Å². The van der Waals surface area contributed by atoms with Gasteiger partial charge in [0.1, 0.15) is 12.5 Å². The summed E-state index contributed by atoms with van der Waals surface area (Å²) in [6.45, 7) is 14.7. The number of nitrogens with one attached hydrogen (secondary N) is 3. The SMILES string of the molecule is Cc1cccc(C)c1C1CC2NC(N1)NS(=O)(=O)C1CCCC(C1)CN(C1CC(OC(C)C)C1)[C@H](CC(C)C)CO2. The van der Waals surface area contributed by atoms with Crippen LogP contribution in [0.25, 0.3) is 0 Å². The molecule has 4 bridgehead atoms. The first kappa shape index (κ1) is 31.4. The molecular weight excluding hydrogens is 536 g/mol. The Morgan fingerprint density at radius 1 is 1.02 bits per heavy atom. The number of hydrogen-bond donors (Lipinski definition) is 3. The van der Waals surface area contributed by atoms with Gasteiger partial charge in [0, 0.05) is 31.1 Å². The van der Waals surface area contributed by atoms with Gasteiger partial charge < -0.3 is 9.47 Å². The lowest BCUT2D eigenvalue weighted by molar-refractivity contribution is -0.106. The molecule has 2 aliphatic heterocycles. The van der Waals surface area contributed by atoms with Gasteiger partial charge in [0.2, 0.25) is 10.0 Å². The van der Waals surface area contributed by atoms with Crippen molar-refractivity contribution in [2.75, 3.05) is 13.2 Å². The Balaban J connectivity index is 1.44. The Labute approximate surface area is 248 Å². The number of ether oxygens (including phenoxy) is 2. The first-order valence-electron chi connectivity index (χ1n) is 16.1. The number of aryl methyl sites for hydroxylation is 2. The first-order chi connectivity index (χ1) is 19.5. The first-order valence-corrected chi connectivity index (χ1v) is 17.6. The van der Waals surface area contributed by atoms with E-state index in [2.05, 4.69) is 80.0 Å². The molecular formula is C32H54N4O4S. The number of rotatable bonds is 6. The summed E-state index contributed by atoms with van der Waals surface area (Å²) in [6.07, 6.45) is 7.10. The monoisotopic (exact) mass is 590 g/mol. The smallest absolute Gasteiger partial charge is 0.216 e. The van der Waals surface area contributed by atoms with Gasteiger partial charge in [-0.1, -0.05) is 38.5 Å². The van der Waals surface area contributed by atoms with Crippen molar-refractivity contribution in [3.05, 3.63) is 34.9 Å². The van der Waals surface area contributed by atoms with E-state index >= 15 is 0 Å². The lowest BCUT2D eigenvalue weighted by Gasteiger charge is -2.49. The molecule has 2 saturated heterocycles. The van der Waals surface area contributed by atoms with Crippen LogP contribution in [0.4, 0.5) is 0 Å². The molecule has 1 aromatic rings. The van der Waals surface area contributed by atoms with E-state index < -0.39 is 16.3 Å². The van der Waals surface area contributed by atoms with E-state index in [0.29, 0.717) is 36.6 Å². The predicted molar refractivity (Wildman–Crippen MR) is 164 cm³/mol. The minimum atomic E-state index is -3.52. The Morgan fingerprint density at radius 2 is 1.76 bits per heavy atom. The van der Waals surface area contributed by atoms with Gasteiger partial charge in [-0.25, -0.2) is 8.42 Å². The fourth-order valence-electron chi connectivity index (χ4n) is 7.77. The summed E-state index contributed by atoms with van der Waals surface area (Å²) in [5.74, 6) is 0.912. The van der Waals surface area contributed by atoms with Crippen LogP contribution in [-0.4, -0.2) is 68.5 Å². The maximum Gasteiger partial charge on any atom is 0.216 e. The van der Waals surface area contributed by atoms with Crippen LogP contribution in [0.1, 0.15) is 102 Å². The third-order valence-corrected chi connectivity index (χ3v) is 11.6. The van der Waals surface area contributed by atoms with Crippen molar-refractivity contribution in [2.45, 2.75) is 141 Å². The Kier molecular flexibility index (Phi) is 10.2. The molecule has 4 aliphatic rings. The molecule has 2 saturated carbocycles. The third-order valence-electron chi connectivity index (χ3n) is 9.69. The molecule has 1 aromatic carbocycles. The molecule has 2 heterocycles. The standard InChI is InChI=1S/C32H54N4O4S/c1-20(2)13-26-19-39-30-17-29(31-22(5)9-7-10-23(31)6)33-32(34-30)35-41(37,38)28-12-8-11-24(14-28)18-36(26)25-15-27(16-25)40-21(3)4/h7,9-10,20-21,24-30,32-35H,8,11-19H2,1-6H3/t24?,25?,26-,27?,28?,29?,30?,32?/m1/s1. The molecule has 0 spiro atoms. The highest BCUT2D eigenvalue weighted by Crippen LogP contribution is 2.37. The largest absolute Gasteiger partial charge is 0.375 e. The summed E-state index contributed by atoms with van der Waals surface area (Å²) in [5.41, 5.74) is 3.66. The molecule has 4 fully saturated rings. The summed E-state index contributed by atoms with van der Waals surface area (Å²) in [5, 5.41) is 6.69. The van der Waals surface area contributed by atoms with E-state index in [1.807, 2.05) is 0 Å². The second-order valence-corrected chi connectivity index (χ2v) is 15.9. The lowest BCUT2D eigenvalue weighted by Crippen LogP contribution is -2.64. The van der Waals surface area contributed by atoms with Crippen LogP contribution in [0.5, 0.6) is 0 Å². The van der Waals surface area contributed by atoms with Crippen LogP contribution in [-0.2, 0) is 19.5 Å². The zero-order valence-electron chi connectivity index (χ0n) is 26.1. The fraction of sp³-hybridized carbons (Fsp3) is 0.812. The second-order valence-electron chi connectivity index (χ2n) is 13.9. The second kappa shape index (κ2) is 13.3. The molecule has 41 heavy (non-hydrogen) atoms. The van der Waals surface area contributed by atoms with Gasteiger partial charge in [0.15, 0.2) is 0 Å². The van der Waals surface area contributed by atoms with Gasteiger partial charge in [-0.2, -0.15) is 4.72 Å². The lowest BCUT2D eigenvalue weighted by atomic mass is 9.82. The summed E-state index contributed by atoms with van der Waals surface area (Å²) in [4.78, 5) is 2.70. The topological polar surface area (TPSA) is 91.9 Å². The molecule has 6 atom stereocenters. The van der Waals surface area contributed by atoms with Crippen LogP contribution in [0.3, 0.4) is 0 Å². The van der Waals surface area contributed by atoms with Crippen molar-refractivity contribution >= 4 is 10.0 Å². The van der Waals surface area contributed by atoms with Crippen LogP contribution < -0.4 is 15.4 Å². The molecule has 8 nitrogen and oxygen atoms in total. The number of nitrogens with zero attached hydrogens (tertiary/aromatic N) is 1. The van der Waals surface area contributed by atoms with E-state index in [9.17, 15) is 8.42 Å². The van der Waals surface area contributed by atoms with Crippen LogP contribution in [0, 0.1) is 25.7 Å². The number of benzene rings is 1. The maximum absolute atomic E-state index is 13.8. The molecule has 5 rings (SSSR count). The average Bonchev–Trinajstić information content (AvgIpc) is 2.86. The van der Waals surface area contributed by atoms with Crippen molar-refractivity contribution in [3.63, 3.8) is 0 Å². The van der Waals surface area contributed by atoms with Crippen molar-refractivity contribution in [1.82, 2.24) is 20.3 Å². The van der Waals surface area contributed by atoms with E-state index in [4.69, 9.17) is 9.47 Å². The fourth-order valence-corrected chi connectivity index (χ4v) is 9.43. The number of fused-ring (bicyclic) bond motifs is 4. The molecule has 0 aromatic heterocycles. The van der Waals surface area contributed by atoms with Gasteiger partial charge in [-0.15, -0.1) is 0 Å². The summed E-state index contributed by atoms with van der Waals surface area (Å²) in [6, 6.07) is 7.09. The van der Waals surface area contributed by atoms with E-state index in [-0.39, 0.29) is 23.6 Å². The third kappa shape index (κ3) is 7.72. The van der Waals surface area contributed by atoms with Gasteiger partial charge in [0.25, 0.3) is 0 Å². The number of hydrogen-bond acceptors (Lipinski definition) is 7. The highest BCUT2D eigenvalue weighted by atomic mass is 32.2. The summed E-state index contributed by atoms with van der Waals surface area (Å²) >= 11 is 0. The Hall–Kier alpha value is -1.07. The van der Waals surface area contributed by atoms with Crippen molar-refractivity contribution in [3.8, 4) is 0 Å². The summed E-state index contributed by atoms with van der Waals surface area (Å²) in [7, 11) is -3.52. The zero-order valence-corrected chi connectivity index (χ0v) is 26.9. The van der Waals surface area contributed by atoms with Crippen molar-refractivity contribution < 1.29 is 17.9 Å². The van der Waals surface area contributed by atoms with Gasteiger partial charge in [-0.3, -0.25) is 15.5 Å². The van der Waals surface area contributed by atoms with Crippen LogP contribution in [0.15, 0.2) is 18.2 Å². The molecule has 0 radical (unpaired) electrons. The van der Waals surface area contributed by atoms with E-state index in [1.165, 1.54) is 16.7 Å². The molecule has 232 valence electrons. The van der Waals surface area contributed by atoms with Gasteiger partial charge in [-0.05, 0) is 94.7 Å². The quantitative estimate of drug-likeness (QED) is 0.442. The van der Waals surface area contributed by atoms with Crippen molar-refractivity contribution in [2.24, 2.45) is 11.8 Å². The Morgan fingerprint density at radius 3 is 2.44 bits per heavy atom. The van der Waals surface area contributed by atoms with Crippen LogP contribution in [0.2, 0.25) is 0 Å². The van der Waals surface area contributed by atoms with Crippen LogP contribution >= 0.6 is 0 Å². The molecule has 2 aliphatic carbocycles. The molecule has 9 heteroatoms. The highest BCUT2D eigenvalue weighted by Gasteiger charge is 2.42. The summed E-state index contributed by atoms with van der Waals surface area (Å²) < 4.78 is 43.4. The van der Waals surface area contributed by atoms with Gasteiger partial charge >= 0.3 is 0 Å². The zero-order chi connectivity index (χ0) is 29.3. The molecule has 5 unspecified atom stereocenters. The molecule has 0 amide bonds. The van der Waals surface area contributed by atoms with Crippen molar-refractivity contribution in [1.29, 1.82) is 0 Å². The maximum atomic E-state index is 13.8. The average molecular weight is 591 g/mol. The molecule has 3 N–H and O–H groups in total. The number of sulfonamides is 1. The van der Waals surface area contributed by atoms with E-state index in [0.717, 1.165) is 57.9 Å². The Bertz CT molecular complexity index is 1100. The minimum absolute atomic E-state index is 0.0143.